The normalized spacial score (nSPS) is 31.2. The van der Waals surface area contributed by atoms with Crippen LogP contribution in [0, 0.1) is 0 Å². The van der Waals surface area contributed by atoms with Crippen LogP contribution in [-0.4, -0.2) is 22.8 Å². The van der Waals surface area contributed by atoms with Crippen LogP contribution in [0.2, 0.25) is 0 Å². The second-order valence-corrected chi connectivity index (χ2v) is 6.08. The van der Waals surface area contributed by atoms with Gasteiger partial charge >= 0.3 is 0 Å². The van der Waals surface area contributed by atoms with Gasteiger partial charge in [-0.1, -0.05) is 19.1 Å². The van der Waals surface area contributed by atoms with Crippen molar-refractivity contribution in [2.45, 2.75) is 57.7 Å². The van der Waals surface area contributed by atoms with Crippen molar-refractivity contribution in [1.29, 1.82) is 0 Å². The van der Waals surface area contributed by atoms with E-state index >= 15 is 0 Å². The van der Waals surface area contributed by atoms with Gasteiger partial charge < -0.3 is 5.11 Å². The third-order valence-corrected chi connectivity index (χ3v) is 4.95. The molecule has 2 atom stereocenters. The van der Waals surface area contributed by atoms with E-state index in [1.165, 1.54) is 35.1 Å². The fraction of sp³-hybridized carbons (Fsp3) is 0.625. The van der Waals surface area contributed by atoms with Gasteiger partial charge in [-0.2, -0.15) is 0 Å². The summed E-state index contributed by atoms with van der Waals surface area (Å²) < 4.78 is 0. The molecule has 2 nitrogen and oxygen atoms in total. The summed E-state index contributed by atoms with van der Waals surface area (Å²) >= 11 is 0. The van der Waals surface area contributed by atoms with Crippen molar-refractivity contribution in [3.63, 3.8) is 0 Å². The highest BCUT2D eigenvalue weighted by Crippen LogP contribution is 2.46. The molecule has 0 radical (unpaired) electrons. The third kappa shape index (κ3) is 1.63. The topological polar surface area (TPSA) is 23.5 Å². The molecule has 0 saturated heterocycles. The van der Waals surface area contributed by atoms with Crippen LogP contribution in [-0.2, 0) is 19.4 Å². The van der Waals surface area contributed by atoms with Gasteiger partial charge in [0, 0.05) is 12.5 Å². The lowest BCUT2D eigenvalue weighted by molar-refractivity contribution is -0.117. The molecular weight excluding hydrogens is 222 g/mol. The molecule has 1 aliphatic carbocycles. The lowest BCUT2D eigenvalue weighted by Gasteiger charge is -2.48. The number of likely N-dealkylation sites (N-methyl/N-ethyl adjacent to an activating group) is 1. The molecule has 18 heavy (non-hydrogen) atoms. The van der Waals surface area contributed by atoms with E-state index in [0.29, 0.717) is 5.92 Å². The van der Waals surface area contributed by atoms with Crippen LogP contribution in [0.1, 0.15) is 54.9 Å². The van der Waals surface area contributed by atoms with Gasteiger partial charge in [-0.3, -0.25) is 4.90 Å². The predicted octanol–water partition coefficient (Wildman–Crippen LogP) is 2.82. The standard InChI is InChI=1S/C16H23NO/c1-4-11-8-12-6-5-7-14-15(12)13(9-11)10-17(3)16(14,2)18/h8-9,14,18H,4-7,10H2,1-3H3. The maximum atomic E-state index is 10.8. The maximum Gasteiger partial charge on any atom is 0.122 e. The fourth-order valence-corrected chi connectivity index (χ4v) is 3.71. The molecule has 1 aliphatic heterocycles. The lowest BCUT2D eigenvalue weighted by Crippen LogP contribution is -2.52. The van der Waals surface area contributed by atoms with Crippen molar-refractivity contribution >= 4 is 0 Å². The van der Waals surface area contributed by atoms with Crippen molar-refractivity contribution in [3.8, 4) is 0 Å². The van der Waals surface area contributed by atoms with Gasteiger partial charge in [0.05, 0.1) is 0 Å². The van der Waals surface area contributed by atoms with Crippen LogP contribution in [0.3, 0.4) is 0 Å². The quantitative estimate of drug-likeness (QED) is 0.822. The molecule has 0 aromatic heterocycles. The number of hydrogen-bond donors (Lipinski definition) is 1. The molecule has 1 heterocycles. The van der Waals surface area contributed by atoms with E-state index in [0.717, 1.165) is 19.4 Å². The maximum absolute atomic E-state index is 10.8. The van der Waals surface area contributed by atoms with Gasteiger partial charge in [-0.15, -0.1) is 0 Å². The summed E-state index contributed by atoms with van der Waals surface area (Å²) in [5.41, 5.74) is 5.16. The Morgan fingerprint density at radius 2 is 2.11 bits per heavy atom. The number of aliphatic hydroxyl groups is 1. The first-order valence-corrected chi connectivity index (χ1v) is 7.12. The summed E-state index contributed by atoms with van der Waals surface area (Å²) in [6.07, 6.45) is 4.61. The zero-order valence-electron chi connectivity index (χ0n) is 11.7. The van der Waals surface area contributed by atoms with Crippen molar-refractivity contribution in [1.82, 2.24) is 4.90 Å². The number of rotatable bonds is 1. The molecule has 1 N–H and O–H groups in total. The monoisotopic (exact) mass is 245 g/mol. The largest absolute Gasteiger partial charge is 0.375 e. The van der Waals surface area contributed by atoms with E-state index in [4.69, 9.17) is 0 Å². The van der Waals surface area contributed by atoms with Gasteiger partial charge in [-0.05, 0) is 61.9 Å². The summed E-state index contributed by atoms with van der Waals surface area (Å²) in [7, 11) is 2.04. The van der Waals surface area contributed by atoms with E-state index in [9.17, 15) is 5.11 Å². The minimum absolute atomic E-state index is 0.293. The number of nitrogens with zero attached hydrogens (tertiary/aromatic N) is 1. The second-order valence-electron chi connectivity index (χ2n) is 6.08. The molecule has 0 saturated carbocycles. The molecule has 2 heteroatoms. The Morgan fingerprint density at radius 3 is 2.83 bits per heavy atom. The van der Waals surface area contributed by atoms with Crippen molar-refractivity contribution < 1.29 is 5.11 Å². The molecule has 1 aromatic rings. The molecule has 98 valence electrons. The third-order valence-electron chi connectivity index (χ3n) is 4.95. The smallest absolute Gasteiger partial charge is 0.122 e. The predicted molar refractivity (Wildman–Crippen MR) is 73.6 cm³/mol. The van der Waals surface area contributed by atoms with E-state index < -0.39 is 5.72 Å². The van der Waals surface area contributed by atoms with Crippen molar-refractivity contribution in [3.05, 3.63) is 34.4 Å². The molecule has 1 aromatic carbocycles. The zero-order chi connectivity index (χ0) is 12.9. The second kappa shape index (κ2) is 4.07. The highest BCUT2D eigenvalue weighted by molar-refractivity contribution is 5.46. The van der Waals surface area contributed by atoms with Crippen LogP contribution in [0.4, 0.5) is 0 Å². The average molecular weight is 245 g/mol. The molecule has 2 aliphatic rings. The summed E-state index contributed by atoms with van der Waals surface area (Å²) in [5, 5.41) is 10.8. The van der Waals surface area contributed by atoms with E-state index in [1.54, 1.807) is 0 Å². The first-order chi connectivity index (χ1) is 8.54. The minimum atomic E-state index is -0.685. The molecule has 0 bridgehead atoms. The Kier molecular flexibility index (Phi) is 2.76. The van der Waals surface area contributed by atoms with Gasteiger partial charge in [0.1, 0.15) is 5.72 Å². The highest BCUT2D eigenvalue weighted by Gasteiger charge is 2.43. The van der Waals surface area contributed by atoms with Crippen molar-refractivity contribution in [2.75, 3.05) is 7.05 Å². The molecular formula is C16H23NO. The molecule has 3 rings (SSSR count). The molecule has 2 unspecified atom stereocenters. The highest BCUT2D eigenvalue weighted by atomic mass is 16.3. The Morgan fingerprint density at radius 1 is 1.39 bits per heavy atom. The summed E-state index contributed by atoms with van der Waals surface area (Å²) in [6, 6.07) is 4.72. The molecule has 0 fully saturated rings. The Labute approximate surface area is 110 Å². The Bertz CT molecular complexity index is 478. The SMILES string of the molecule is CCc1cc2c3c(c1)CN(C)C(C)(O)C3CCC2. The zero-order valence-corrected chi connectivity index (χ0v) is 11.7. The Hall–Kier alpha value is -0.860. The lowest BCUT2D eigenvalue weighted by atomic mass is 9.72. The first-order valence-electron chi connectivity index (χ1n) is 7.12. The summed E-state index contributed by atoms with van der Waals surface area (Å²) in [5.74, 6) is 0.293. The summed E-state index contributed by atoms with van der Waals surface area (Å²) in [6.45, 7) is 5.07. The van der Waals surface area contributed by atoms with Crippen molar-refractivity contribution in [2.24, 2.45) is 0 Å². The van der Waals surface area contributed by atoms with E-state index in [1.807, 2.05) is 14.0 Å². The average Bonchev–Trinajstić information content (AvgIpc) is 2.36. The number of aryl methyl sites for hydroxylation is 2. The van der Waals surface area contributed by atoms with Gasteiger partial charge in [0.2, 0.25) is 0 Å². The van der Waals surface area contributed by atoms with Crippen LogP contribution in [0.15, 0.2) is 12.1 Å². The number of benzene rings is 1. The van der Waals surface area contributed by atoms with Crippen LogP contribution in [0.25, 0.3) is 0 Å². The molecule has 0 amide bonds. The van der Waals surface area contributed by atoms with Gasteiger partial charge in [0.25, 0.3) is 0 Å². The first kappa shape index (κ1) is 12.2. The van der Waals surface area contributed by atoms with Crippen LogP contribution < -0.4 is 0 Å². The summed E-state index contributed by atoms with van der Waals surface area (Å²) in [4.78, 5) is 2.11. The van der Waals surface area contributed by atoms with E-state index in [2.05, 4.69) is 24.0 Å². The minimum Gasteiger partial charge on any atom is -0.375 e. The van der Waals surface area contributed by atoms with Crippen LogP contribution >= 0.6 is 0 Å². The number of hydrogen-bond acceptors (Lipinski definition) is 2. The molecule has 0 spiro atoms. The van der Waals surface area contributed by atoms with E-state index in [-0.39, 0.29) is 0 Å². The van der Waals surface area contributed by atoms with Crippen LogP contribution in [0.5, 0.6) is 0 Å². The van der Waals surface area contributed by atoms with Gasteiger partial charge in [0.15, 0.2) is 0 Å². The Balaban J connectivity index is 2.18. The fourth-order valence-electron chi connectivity index (χ4n) is 3.71. The van der Waals surface area contributed by atoms with Gasteiger partial charge in [-0.25, -0.2) is 0 Å².